The molecular weight excluding hydrogens is 312 g/mol. The number of amides is 1. The standard InChI is InChI=1S/C17H18N2O3S/c1-2-5-16(21)18-14-9-7-13(8-10-14)15(20)12-23-17-6-3-4-11-19(17)22/h3-4,6-11H,2,5,12H2,1H3,(H,18,21). The van der Waals surface area contributed by atoms with Crippen LogP contribution in [0.15, 0.2) is 53.7 Å². The van der Waals surface area contributed by atoms with Gasteiger partial charge >= 0.3 is 0 Å². The first-order valence-electron chi connectivity index (χ1n) is 7.34. The smallest absolute Gasteiger partial charge is 0.251 e. The molecule has 1 amide bonds. The van der Waals surface area contributed by atoms with E-state index in [0.29, 0.717) is 22.7 Å². The highest BCUT2D eigenvalue weighted by atomic mass is 32.2. The van der Waals surface area contributed by atoms with Gasteiger partial charge in [0, 0.05) is 29.8 Å². The predicted octanol–water partition coefficient (Wildman–Crippen LogP) is 3.03. The van der Waals surface area contributed by atoms with Crippen molar-refractivity contribution in [1.29, 1.82) is 0 Å². The van der Waals surface area contributed by atoms with Crippen LogP contribution in [0.2, 0.25) is 0 Å². The van der Waals surface area contributed by atoms with Crippen molar-refractivity contribution in [3.05, 3.63) is 59.4 Å². The van der Waals surface area contributed by atoms with E-state index >= 15 is 0 Å². The molecule has 0 aliphatic rings. The van der Waals surface area contributed by atoms with Gasteiger partial charge in [-0.15, -0.1) is 0 Å². The molecule has 0 saturated carbocycles. The Morgan fingerprint density at radius 3 is 2.57 bits per heavy atom. The average Bonchev–Trinajstić information content (AvgIpc) is 2.55. The van der Waals surface area contributed by atoms with E-state index in [0.717, 1.165) is 11.2 Å². The van der Waals surface area contributed by atoms with Crippen molar-refractivity contribution in [2.24, 2.45) is 0 Å². The lowest BCUT2D eigenvalue weighted by Crippen LogP contribution is -2.28. The number of ketones is 1. The highest BCUT2D eigenvalue weighted by Crippen LogP contribution is 2.16. The van der Waals surface area contributed by atoms with Crippen LogP contribution in [0.4, 0.5) is 5.69 Å². The molecule has 1 aromatic carbocycles. The number of rotatable bonds is 7. The molecule has 2 aromatic rings. The lowest BCUT2D eigenvalue weighted by molar-refractivity contribution is -0.645. The molecule has 0 fully saturated rings. The first-order chi connectivity index (χ1) is 11.1. The Bertz CT molecular complexity index is 686. The molecular formula is C17H18N2O3S. The number of benzene rings is 1. The quantitative estimate of drug-likeness (QED) is 0.366. The number of Topliss-reactive ketones (excluding diaryl/α,β-unsaturated/α-hetero) is 1. The van der Waals surface area contributed by atoms with E-state index in [1.807, 2.05) is 6.92 Å². The van der Waals surface area contributed by atoms with E-state index in [2.05, 4.69) is 5.32 Å². The van der Waals surface area contributed by atoms with Crippen molar-refractivity contribution >= 4 is 29.1 Å². The summed E-state index contributed by atoms with van der Waals surface area (Å²) in [5, 5.41) is 14.8. The molecule has 23 heavy (non-hydrogen) atoms. The molecule has 5 nitrogen and oxygen atoms in total. The zero-order valence-corrected chi connectivity index (χ0v) is 13.6. The lowest BCUT2D eigenvalue weighted by Gasteiger charge is -2.06. The van der Waals surface area contributed by atoms with Crippen LogP contribution in [-0.2, 0) is 4.79 Å². The summed E-state index contributed by atoms with van der Waals surface area (Å²) in [5.41, 5.74) is 1.23. The van der Waals surface area contributed by atoms with Gasteiger partial charge in [-0.2, -0.15) is 4.73 Å². The Balaban J connectivity index is 1.92. The summed E-state index contributed by atoms with van der Waals surface area (Å²) in [7, 11) is 0. The second kappa shape index (κ2) is 8.33. The maximum absolute atomic E-state index is 12.1. The van der Waals surface area contributed by atoms with Gasteiger partial charge < -0.3 is 10.5 Å². The minimum absolute atomic E-state index is 0.0359. The first kappa shape index (κ1) is 17.0. The van der Waals surface area contributed by atoms with Gasteiger partial charge in [-0.3, -0.25) is 9.59 Å². The Hall–Kier alpha value is -2.34. The first-order valence-corrected chi connectivity index (χ1v) is 8.33. The fourth-order valence-electron chi connectivity index (χ4n) is 1.94. The summed E-state index contributed by atoms with van der Waals surface area (Å²) in [5.74, 6) is 0.0878. The van der Waals surface area contributed by atoms with Crippen LogP contribution in [0.25, 0.3) is 0 Å². The number of thioether (sulfide) groups is 1. The number of nitrogens with zero attached hydrogens (tertiary/aromatic N) is 1. The molecule has 6 heteroatoms. The minimum atomic E-state index is -0.0645. The van der Waals surface area contributed by atoms with Crippen LogP contribution in [0.5, 0.6) is 0 Å². The molecule has 0 spiro atoms. The third kappa shape index (κ3) is 5.10. The lowest BCUT2D eigenvalue weighted by atomic mass is 10.1. The summed E-state index contributed by atoms with van der Waals surface area (Å²) in [4.78, 5) is 23.7. The highest BCUT2D eigenvalue weighted by Gasteiger charge is 2.11. The molecule has 0 radical (unpaired) electrons. The molecule has 0 unspecified atom stereocenters. The number of anilines is 1. The van der Waals surface area contributed by atoms with E-state index in [9.17, 15) is 14.8 Å². The fraction of sp³-hybridized carbons (Fsp3) is 0.235. The number of aromatic nitrogens is 1. The molecule has 1 aromatic heterocycles. The van der Waals surface area contributed by atoms with Crippen LogP contribution in [0.3, 0.4) is 0 Å². The van der Waals surface area contributed by atoms with Gasteiger partial charge in [-0.1, -0.05) is 6.92 Å². The average molecular weight is 330 g/mol. The molecule has 2 rings (SSSR count). The topological polar surface area (TPSA) is 73.1 Å². The Morgan fingerprint density at radius 2 is 1.91 bits per heavy atom. The van der Waals surface area contributed by atoms with Gasteiger partial charge in [0.05, 0.1) is 5.75 Å². The molecule has 120 valence electrons. The monoisotopic (exact) mass is 330 g/mol. The van der Waals surface area contributed by atoms with Crippen LogP contribution in [-0.4, -0.2) is 17.4 Å². The zero-order valence-electron chi connectivity index (χ0n) is 12.8. The van der Waals surface area contributed by atoms with Gasteiger partial charge in [0.1, 0.15) is 0 Å². The van der Waals surface area contributed by atoms with Crippen molar-refractivity contribution in [3.63, 3.8) is 0 Å². The summed E-state index contributed by atoms with van der Waals surface area (Å²) in [6, 6.07) is 11.9. The van der Waals surface area contributed by atoms with Crippen molar-refractivity contribution < 1.29 is 14.3 Å². The van der Waals surface area contributed by atoms with Crippen LogP contribution in [0.1, 0.15) is 30.1 Å². The Labute approximate surface area is 139 Å². The maximum Gasteiger partial charge on any atom is 0.251 e. The fourth-order valence-corrected chi connectivity index (χ4v) is 2.75. The van der Waals surface area contributed by atoms with Crippen molar-refractivity contribution in [3.8, 4) is 0 Å². The van der Waals surface area contributed by atoms with E-state index in [1.54, 1.807) is 42.5 Å². The van der Waals surface area contributed by atoms with Gasteiger partial charge in [0.15, 0.2) is 12.0 Å². The molecule has 0 aliphatic carbocycles. The number of hydrogen-bond donors (Lipinski definition) is 1. The van der Waals surface area contributed by atoms with Crippen molar-refractivity contribution in [1.82, 2.24) is 0 Å². The van der Waals surface area contributed by atoms with E-state index in [1.165, 1.54) is 18.0 Å². The van der Waals surface area contributed by atoms with Gasteiger partial charge in [0.2, 0.25) is 5.91 Å². The van der Waals surface area contributed by atoms with E-state index in [4.69, 9.17) is 0 Å². The number of carbonyl (C=O) groups excluding carboxylic acids is 2. The normalized spacial score (nSPS) is 10.3. The van der Waals surface area contributed by atoms with Gasteiger partial charge in [-0.05, 0) is 48.5 Å². The largest absolute Gasteiger partial charge is 0.618 e. The zero-order chi connectivity index (χ0) is 16.7. The second-order valence-corrected chi connectivity index (χ2v) is 5.95. The van der Waals surface area contributed by atoms with Crippen LogP contribution in [0, 0.1) is 5.21 Å². The minimum Gasteiger partial charge on any atom is -0.618 e. The number of hydrogen-bond acceptors (Lipinski definition) is 4. The second-order valence-electron chi connectivity index (χ2n) is 4.95. The molecule has 1 heterocycles. The summed E-state index contributed by atoms with van der Waals surface area (Å²) in [6.45, 7) is 1.94. The Morgan fingerprint density at radius 1 is 1.17 bits per heavy atom. The molecule has 0 saturated heterocycles. The summed E-state index contributed by atoms with van der Waals surface area (Å²) in [6.07, 6.45) is 2.67. The third-order valence-electron chi connectivity index (χ3n) is 3.11. The van der Waals surface area contributed by atoms with Crippen molar-refractivity contribution in [2.75, 3.05) is 11.1 Å². The molecule has 0 aliphatic heterocycles. The van der Waals surface area contributed by atoms with Gasteiger partial charge in [0.25, 0.3) is 5.03 Å². The Kier molecular flexibility index (Phi) is 6.17. The number of carbonyl (C=O) groups is 2. The van der Waals surface area contributed by atoms with E-state index in [-0.39, 0.29) is 17.4 Å². The SMILES string of the molecule is CCCC(=O)Nc1ccc(C(=O)CSc2cccc[n+]2[O-])cc1. The van der Waals surface area contributed by atoms with Crippen LogP contribution < -0.4 is 10.0 Å². The molecule has 0 atom stereocenters. The summed E-state index contributed by atoms with van der Waals surface area (Å²) >= 11 is 1.20. The number of nitrogens with one attached hydrogen (secondary N) is 1. The van der Waals surface area contributed by atoms with E-state index < -0.39 is 0 Å². The van der Waals surface area contributed by atoms with Crippen LogP contribution >= 0.6 is 11.8 Å². The third-order valence-corrected chi connectivity index (χ3v) is 4.13. The molecule has 1 N–H and O–H groups in total. The molecule has 0 bridgehead atoms. The predicted molar refractivity (Wildman–Crippen MR) is 90.4 cm³/mol. The van der Waals surface area contributed by atoms with Crippen molar-refractivity contribution in [2.45, 2.75) is 24.8 Å². The van der Waals surface area contributed by atoms with Gasteiger partial charge in [-0.25, -0.2) is 0 Å². The highest BCUT2D eigenvalue weighted by molar-refractivity contribution is 7.99. The maximum atomic E-state index is 12.1. The number of pyridine rings is 1. The summed E-state index contributed by atoms with van der Waals surface area (Å²) < 4.78 is 0.740.